The van der Waals surface area contributed by atoms with E-state index in [-0.39, 0.29) is 37.0 Å². The molecule has 0 atom stereocenters. The molecule has 0 saturated heterocycles. The van der Waals surface area contributed by atoms with Crippen LogP contribution < -0.4 is 5.56 Å². The van der Waals surface area contributed by atoms with E-state index in [1.807, 2.05) is 30.3 Å². The number of benzene rings is 1. The molecule has 2 rings (SSSR count). The van der Waals surface area contributed by atoms with Crippen molar-refractivity contribution in [2.45, 2.75) is 32.9 Å². The van der Waals surface area contributed by atoms with Crippen molar-refractivity contribution in [3.8, 4) is 11.3 Å². The van der Waals surface area contributed by atoms with E-state index in [2.05, 4.69) is 5.10 Å². The average Bonchev–Trinajstić information content (AvgIpc) is 2.57. The van der Waals surface area contributed by atoms with Crippen molar-refractivity contribution < 1.29 is 14.7 Å². The van der Waals surface area contributed by atoms with Crippen molar-refractivity contribution in [2.24, 2.45) is 0 Å². The maximum Gasteiger partial charge on any atom is 0.305 e. The molecule has 0 aliphatic carbocycles. The molecule has 1 heterocycles. The minimum Gasteiger partial charge on any atom is -0.481 e. The molecule has 0 fully saturated rings. The van der Waals surface area contributed by atoms with Crippen LogP contribution in [0.4, 0.5) is 0 Å². The molecule has 132 valence electrons. The van der Waals surface area contributed by atoms with E-state index < -0.39 is 5.97 Å². The highest BCUT2D eigenvalue weighted by atomic mass is 16.4. The lowest BCUT2D eigenvalue weighted by Gasteiger charge is -2.26. The molecule has 0 unspecified atom stereocenters. The SMILES string of the molecule is CC(C)N(CCC(=O)O)C(=O)Cn1nc(-c2ccccc2)ccc1=O. The molecule has 0 aliphatic heterocycles. The Morgan fingerprint density at radius 3 is 2.44 bits per heavy atom. The molecule has 0 bridgehead atoms. The van der Waals surface area contributed by atoms with Gasteiger partial charge in [0.05, 0.1) is 12.1 Å². The number of hydrogen-bond donors (Lipinski definition) is 1. The summed E-state index contributed by atoms with van der Waals surface area (Å²) in [6, 6.07) is 12.2. The number of hydrogen-bond acceptors (Lipinski definition) is 4. The van der Waals surface area contributed by atoms with Gasteiger partial charge in [0.15, 0.2) is 0 Å². The fourth-order valence-electron chi connectivity index (χ4n) is 2.43. The third-order valence-corrected chi connectivity index (χ3v) is 3.73. The van der Waals surface area contributed by atoms with Crippen LogP contribution in [0.5, 0.6) is 0 Å². The Labute approximate surface area is 145 Å². The van der Waals surface area contributed by atoms with Crippen molar-refractivity contribution in [3.63, 3.8) is 0 Å². The second-order valence-electron chi connectivity index (χ2n) is 5.91. The van der Waals surface area contributed by atoms with Gasteiger partial charge >= 0.3 is 5.97 Å². The lowest BCUT2D eigenvalue weighted by Crippen LogP contribution is -2.42. The summed E-state index contributed by atoms with van der Waals surface area (Å²) in [6.07, 6.45) is -0.143. The monoisotopic (exact) mass is 343 g/mol. The van der Waals surface area contributed by atoms with Gasteiger partial charge in [0.25, 0.3) is 5.56 Å². The van der Waals surface area contributed by atoms with E-state index in [1.54, 1.807) is 19.9 Å². The second kappa shape index (κ2) is 8.23. The molecule has 0 saturated carbocycles. The Morgan fingerprint density at radius 2 is 1.84 bits per heavy atom. The molecule has 1 aromatic carbocycles. The zero-order valence-corrected chi connectivity index (χ0v) is 14.3. The van der Waals surface area contributed by atoms with Crippen LogP contribution in [0.25, 0.3) is 11.3 Å². The van der Waals surface area contributed by atoms with Crippen molar-refractivity contribution in [2.75, 3.05) is 6.54 Å². The molecule has 7 nitrogen and oxygen atoms in total. The van der Waals surface area contributed by atoms with E-state index in [1.165, 1.54) is 11.0 Å². The summed E-state index contributed by atoms with van der Waals surface area (Å²) in [5, 5.41) is 13.1. The number of carbonyl (C=O) groups is 2. The lowest BCUT2D eigenvalue weighted by atomic mass is 10.1. The Morgan fingerprint density at radius 1 is 1.16 bits per heavy atom. The summed E-state index contributed by atoms with van der Waals surface area (Å²) >= 11 is 0. The van der Waals surface area contributed by atoms with E-state index in [0.717, 1.165) is 10.2 Å². The first-order valence-electron chi connectivity index (χ1n) is 8.03. The fraction of sp³-hybridized carbons (Fsp3) is 0.333. The van der Waals surface area contributed by atoms with Crippen LogP contribution in [0, 0.1) is 0 Å². The number of nitrogens with zero attached hydrogens (tertiary/aromatic N) is 3. The number of carboxylic acid groups (broad SMARTS) is 1. The summed E-state index contributed by atoms with van der Waals surface area (Å²) in [5.74, 6) is -1.31. The highest BCUT2D eigenvalue weighted by Gasteiger charge is 2.19. The smallest absolute Gasteiger partial charge is 0.305 e. The molecule has 1 amide bonds. The predicted octanol–water partition coefficient (Wildman–Crippen LogP) is 1.62. The summed E-state index contributed by atoms with van der Waals surface area (Å²) in [4.78, 5) is 36.7. The van der Waals surface area contributed by atoms with Gasteiger partial charge in [-0.3, -0.25) is 14.4 Å². The number of carbonyl (C=O) groups excluding carboxylic acids is 1. The third-order valence-electron chi connectivity index (χ3n) is 3.73. The lowest BCUT2D eigenvalue weighted by molar-refractivity contribution is -0.139. The molecule has 1 N–H and O–H groups in total. The van der Waals surface area contributed by atoms with Crippen LogP contribution in [-0.4, -0.2) is 44.3 Å². The highest BCUT2D eigenvalue weighted by Crippen LogP contribution is 2.14. The summed E-state index contributed by atoms with van der Waals surface area (Å²) in [7, 11) is 0. The van der Waals surface area contributed by atoms with E-state index in [4.69, 9.17) is 5.11 Å². The molecular weight excluding hydrogens is 322 g/mol. The Balaban J connectivity index is 2.21. The topological polar surface area (TPSA) is 92.5 Å². The van der Waals surface area contributed by atoms with Gasteiger partial charge in [0, 0.05) is 24.2 Å². The van der Waals surface area contributed by atoms with Crippen LogP contribution in [0.2, 0.25) is 0 Å². The maximum absolute atomic E-state index is 12.5. The Bertz CT molecular complexity index is 799. The van der Waals surface area contributed by atoms with E-state index >= 15 is 0 Å². The van der Waals surface area contributed by atoms with Gasteiger partial charge in [0.1, 0.15) is 6.54 Å². The third kappa shape index (κ3) is 5.00. The zero-order chi connectivity index (χ0) is 18.4. The van der Waals surface area contributed by atoms with Crippen LogP contribution in [-0.2, 0) is 16.1 Å². The van der Waals surface area contributed by atoms with Gasteiger partial charge < -0.3 is 10.0 Å². The van der Waals surface area contributed by atoms with Gasteiger partial charge in [-0.1, -0.05) is 30.3 Å². The summed E-state index contributed by atoms with van der Waals surface area (Å²) < 4.78 is 1.11. The molecule has 2 aromatic rings. The van der Waals surface area contributed by atoms with Gasteiger partial charge in [-0.25, -0.2) is 4.68 Å². The number of carboxylic acids is 1. The molecular formula is C18H21N3O4. The standard InChI is InChI=1S/C18H21N3O4/c1-13(2)20(11-10-18(24)25)17(23)12-21-16(22)9-8-15(19-21)14-6-4-3-5-7-14/h3-9,13H,10-12H2,1-2H3,(H,24,25). The minimum absolute atomic E-state index is 0.0962. The van der Waals surface area contributed by atoms with Crippen molar-refractivity contribution >= 4 is 11.9 Å². The summed E-state index contributed by atoms with van der Waals surface area (Å²) in [6.45, 7) is 3.48. The first kappa shape index (κ1) is 18.4. The largest absolute Gasteiger partial charge is 0.481 e. The van der Waals surface area contributed by atoms with Gasteiger partial charge in [-0.15, -0.1) is 0 Å². The average molecular weight is 343 g/mol. The van der Waals surface area contributed by atoms with E-state index in [9.17, 15) is 14.4 Å². The zero-order valence-electron chi connectivity index (χ0n) is 14.3. The first-order chi connectivity index (χ1) is 11.9. The Hall–Kier alpha value is -2.96. The summed E-state index contributed by atoms with van der Waals surface area (Å²) in [5.41, 5.74) is 1.06. The minimum atomic E-state index is -0.972. The molecule has 0 radical (unpaired) electrons. The molecule has 1 aromatic heterocycles. The van der Waals surface area contributed by atoms with Gasteiger partial charge in [-0.2, -0.15) is 5.10 Å². The van der Waals surface area contributed by atoms with Crippen LogP contribution in [0.3, 0.4) is 0 Å². The van der Waals surface area contributed by atoms with E-state index in [0.29, 0.717) is 5.69 Å². The molecule has 0 aliphatic rings. The number of amides is 1. The maximum atomic E-state index is 12.5. The molecule has 0 spiro atoms. The number of aromatic nitrogens is 2. The molecule has 25 heavy (non-hydrogen) atoms. The van der Waals surface area contributed by atoms with Crippen LogP contribution in [0.15, 0.2) is 47.3 Å². The predicted molar refractivity (Wildman–Crippen MR) is 93.0 cm³/mol. The Kier molecular flexibility index (Phi) is 6.05. The number of rotatable bonds is 7. The van der Waals surface area contributed by atoms with Gasteiger partial charge in [-0.05, 0) is 19.9 Å². The van der Waals surface area contributed by atoms with Crippen molar-refractivity contribution in [1.29, 1.82) is 0 Å². The fourth-order valence-corrected chi connectivity index (χ4v) is 2.43. The van der Waals surface area contributed by atoms with Crippen LogP contribution in [0.1, 0.15) is 20.3 Å². The second-order valence-corrected chi connectivity index (χ2v) is 5.91. The first-order valence-corrected chi connectivity index (χ1v) is 8.03. The molecule has 7 heteroatoms. The quantitative estimate of drug-likeness (QED) is 0.825. The number of aliphatic carboxylic acids is 1. The van der Waals surface area contributed by atoms with Gasteiger partial charge in [0.2, 0.25) is 5.91 Å². The van der Waals surface area contributed by atoms with Crippen molar-refractivity contribution in [3.05, 3.63) is 52.8 Å². The normalized spacial score (nSPS) is 10.7. The van der Waals surface area contributed by atoms with Crippen LogP contribution >= 0.6 is 0 Å². The van der Waals surface area contributed by atoms with Crippen molar-refractivity contribution in [1.82, 2.24) is 14.7 Å². The highest BCUT2D eigenvalue weighted by molar-refractivity contribution is 5.77.